The highest BCUT2D eigenvalue weighted by Gasteiger charge is 2.28. The molecule has 1 fully saturated rings. The Bertz CT molecular complexity index is 895. The highest BCUT2D eigenvalue weighted by atomic mass is 16.2. The molecular weight excluding hydrogens is 338 g/mol. The van der Waals surface area contributed by atoms with Crippen LogP contribution in [0.3, 0.4) is 0 Å². The summed E-state index contributed by atoms with van der Waals surface area (Å²) in [5.74, 6) is 1.49. The zero-order valence-electron chi connectivity index (χ0n) is 15.8. The molecule has 1 aliphatic rings. The summed E-state index contributed by atoms with van der Waals surface area (Å²) in [6.45, 7) is 5.87. The first-order valence-corrected chi connectivity index (χ1v) is 9.54. The molecule has 140 valence electrons. The lowest BCUT2D eigenvalue weighted by molar-refractivity contribution is 0.0703. The van der Waals surface area contributed by atoms with E-state index < -0.39 is 0 Å². The number of piperidine rings is 1. The zero-order chi connectivity index (χ0) is 18.8. The van der Waals surface area contributed by atoms with Gasteiger partial charge in [-0.25, -0.2) is 9.97 Å². The number of likely N-dealkylation sites (tertiary alicyclic amines) is 1. The summed E-state index contributed by atoms with van der Waals surface area (Å²) >= 11 is 0. The third-order valence-corrected chi connectivity index (χ3v) is 5.25. The Morgan fingerprint density at radius 1 is 1.15 bits per heavy atom. The molecule has 1 aromatic carbocycles. The fourth-order valence-corrected chi connectivity index (χ4v) is 3.82. The van der Waals surface area contributed by atoms with Gasteiger partial charge in [0, 0.05) is 61.1 Å². The number of carbonyl (C=O) groups excluding carboxylic acids is 1. The van der Waals surface area contributed by atoms with E-state index in [9.17, 15) is 4.79 Å². The Hall–Kier alpha value is -2.89. The topological polar surface area (TPSA) is 56.0 Å². The van der Waals surface area contributed by atoms with Crippen molar-refractivity contribution in [3.63, 3.8) is 0 Å². The number of aromatic nitrogens is 4. The second-order valence-corrected chi connectivity index (χ2v) is 7.39. The van der Waals surface area contributed by atoms with Gasteiger partial charge in [0.05, 0.1) is 6.33 Å². The molecule has 3 aromatic rings. The van der Waals surface area contributed by atoms with Gasteiger partial charge in [-0.05, 0) is 51.0 Å². The van der Waals surface area contributed by atoms with Crippen molar-refractivity contribution in [3.05, 3.63) is 66.8 Å². The molecule has 0 bridgehead atoms. The Balaban J connectivity index is 1.49. The van der Waals surface area contributed by atoms with Gasteiger partial charge in [-0.2, -0.15) is 0 Å². The van der Waals surface area contributed by atoms with Crippen LogP contribution in [0.5, 0.6) is 0 Å². The lowest BCUT2D eigenvalue weighted by atomic mass is 9.96. The van der Waals surface area contributed by atoms with Crippen LogP contribution in [0.2, 0.25) is 0 Å². The average molecular weight is 363 g/mol. The number of imidazole rings is 2. The lowest BCUT2D eigenvalue weighted by Crippen LogP contribution is -2.39. The Morgan fingerprint density at radius 3 is 2.67 bits per heavy atom. The Labute approximate surface area is 159 Å². The van der Waals surface area contributed by atoms with Gasteiger partial charge in [-0.3, -0.25) is 4.79 Å². The smallest absolute Gasteiger partial charge is 0.253 e. The molecule has 2 aromatic heterocycles. The fraction of sp³-hybridized carbons (Fsp3) is 0.381. The fourth-order valence-electron chi connectivity index (χ4n) is 3.82. The standard InChI is InChI=1S/C21H25N5O/c1-16(2)26-13-10-23-20(26)18-4-3-11-24(14-18)21(27)17-5-7-19(8-6-17)25-12-9-22-15-25/h5-10,12-13,15-16,18H,3-4,11,14H2,1-2H3/t18-/m0/s1. The zero-order valence-corrected chi connectivity index (χ0v) is 15.8. The molecule has 6 heteroatoms. The van der Waals surface area contributed by atoms with E-state index in [2.05, 4.69) is 28.4 Å². The van der Waals surface area contributed by atoms with Crippen LogP contribution in [-0.2, 0) is 0 Å². The van der Waals surface area contributed by atoms with Gasteiger partial charge < -0.3 is 14.0 Å². The minimum atomic E-state index is 0.0968. The highest BCUT2D eigenvalue weighted by Crippen LogP contribution is 2.28. The van der Waals surface area contributed by atoms with Crippen LogP contribution >= 0.6 is 0 Å². The van der Waals surface area contributed by atoms with E-state index in [1.165, 1.54) is 0 Å². The predicted octanol–water partition coefficient (Wildman–Crippen LogP) is 3.67. The van der Waals surface area contributed by atoms with E-state index in [-0.39, 0.29) is 5.91 Å². The van der Waals surface area contributed by atoms with Crippen LogP contribution in [0.4, 0.5) is 0 Å². The summed E-state index contributed by atoms with van der Waals surface area (Å²) in [4.78, 5) is 23.6. The molecule has 0 aliphatic carbocycles. The first kappa shape index (κ1) is 17.5. The number of benzene rings is 1. The molecule has 1 saturated heterocycles. The summed E-state index contributed by atoms with van der Waals surface area (Å²) in [6.07, 6.45) is 11.4. The number of hydrogen-bond donors (Lipinski definition) is 0. The SMILES string of the molecule is CC(C)n1ccnc1[C@H]1CCCN(C(=O)c2ccc(-n3ccnc3)cc2)C1. The molecule has 3 heterocycles. The van der Waals surface area contributed by atoms with E-state index in [0.717, 1.165) is 43.0 Å². The van der Waals surface area contributed by atoms with E-state index >= 15 is 0 Å². The van der Waals surface area contributed by atoms with E-state index in [1.807, 2.05) is 52.3 Å². The largest absolute Gasteiger partial charge is 0.338 e. The molecule has 0 radical (unpaired) electrons. The van der Waals surface area contributed by atoms with Gasteiger partial charge in [0.25, 0.3) is 5.91 Å². The normalized spacial score (nSPS) is 17.4. The molecule has 1 aliphatic heterocycles. The number of nitrogens with zero attached hydrogens (tertiary/aromatic N) is 5. The summed E-state index contributed by atoms with van der Waals surface area (Å²) in [7, 11) is 0. The number of hydrogen-bond acceptors (Lipinski definition) is 3. The van der Waals surface area contributed by atoms with Crippen molar-refractivity contribution in [1.82, 2.24) is 24.0 Å². The summed E-state index contributed by atoms with van der Waals surface area (Å²) < 4.78 is 4.15. The van der Waals surface area contributed by atoms with Crippen molar-refractivity contribution in [2.75, 3.05) is 13.1 Å². The van der Waals surface area contributed by atoms with E-state index in [1.54, 1.807) is 12.5 Å². The number of rotatable bonds is 4. The lowest BCUT2D eigenvalue weighted by Gasteiger charge is -2.33. The molecule has 0 saturated carbocycles. The first-order chi connectivity index (χ1) is 13.1. The molecule has 0 spiro atoms. The third kappa shape index (κ3) is 3.52. The van der Waals surface area contributed by atoms with Crippen molar-refractivity contribution in [3.8, 4) is 5.69 Å². The summed E-state index contributed by atoms with van der Waals surface area (Å²) in [5.41, 5.74) is 1.73. The number of amides is 1. The van der Waals surface area contributed by atoms with Crippen molar-refractivity contribution < 1.29 is 4.79 Å². The number of carbonyl (C=O) groups is 1. The molecule has 1 atom stereocenters. The maximum absolute atomic E-state index is 13.0. The minimum Gasteiger partial charge on any atom is -0.338 e. The van der Waals surface area contributed by atoms with E-state index in [4.69, 9.17) is 0 Å². The van der Waals surface area contributed by atoms with Gasteiger partial charge >= 0.3 is 0 Å². The van der Waals surface area contributed by atoms with Crippen molar-refractivity contribution >= 4 is 5.91 Å². The van der Waals surface area contributed by atoms with Gasteiger partial charge in [-0.1, -0.05) is 0 Å². The maximum Gasteiger partial charge on any atom is 0.253 e. The molecule has 4 rings (SSSR count). The first-order valence-electron chi connectivity index (χ1n) is 9.54. The van der Waals surface area contributed by atoms with Crippen molar-refractivity contribution in [1.29, 1.82) is 0 Å². The average Bonchev–Trinajstić information content (AvgIpc) is 3.39. The van der Waals surface area contributed by atoms with E-state index in [0.29, 0.717) is 12.0 Å². The van der Waals surface area contributed by atoms with Gasteiger partial charge in [0.2, 0.25) is 0 Å². The molecule has 0 N–H and O–H groups in total. The summed E-state index contributed by atoms with van der Waals surface area (Å²) in [6, 6.07) is 8.10. The predicted molar refractivity (Wildman–Crippen MR) is 104 cm³/mol. The maximum atomic E-state index is 13.0. The van der Waals surface area contributed by atoms with Crippen LogP contribution in [0.1, 0.15) is 54.8 Å². The van der Waals surface area contributed by atoms with Crippen LogP contribution in [-0.4, -0.2) is 43.0 Å². The molecular formula is C21H25N5O. The molecule has 0 unspecified atom stereocenters. The molecule has 1 amide bonds. The summed E-state index contributed by atoms with van der Waals surface area (Å²) in [5, 5.41) is 0. The molecule has 27 heavy (non-hydrogen) atoms. The van der Waals surface area contributed by atoms with Crippen LogP contribution in [0, 0.1) is 0 Å². The molecule has 6 nitrogen and oxygen atoms in total. The van der Waals surface area contributed by atoms with Crippen LogP contribution in [0.15, 0.2) is 55.4 Å². The van der Waals surface area contributed by atoms with Crippen molar-refractivity contribution in [2.45, 2.75) is 38.6 Å². The monoisotopic (exact) mass is 363 g/mol. The second-order valence-electron chi connectivity index (χ2n) is 7.39. The Morgan fingerprint density at radius 2 is 1.96 bits per heavy atom. The Kier molecular flexibility index (Phi) is 4.79. The van der Waals surface area contributed by atoms with Crippen LogP contribution < -0.4 is 0 Å². The van der Waals surface area contributed by atoms with Crippen molar-refractivity contribution in [2.24, 2.45) is 0 Å². The highest BCUT2D eigenvalue weighted by molar-refractivity contribution is 5.94. The second kappa shape index (κ2) is 7.39. The quantitative estimate of drug-likeness (QED) is 0.711. The van der Waals surface area contributed by atoms with Gasteiger partial charge in [-0.15, -0.1) is 0 Å². The van der Waals surface area contributed by atoms with Gasteiger partial charge in [0.15, 0.2) is 0 Å². The van der Waals surface area contributed by atoms with Gasteiger partial charge in [0.1, 0.15) is 5.82 Å². The minimum absolute atomic E-state index is 0.0968. The third-order valence-electron chi connectivity index (χ3n) is 5.25. The van der Waals surface area contributed by atoms with Crippen LogP contribution in [0.25, 0.3) is 5.69 Å².